The first-order valence-electron chi connectivity index (χ1n) is 10.6. The van der Waals surface area contributed by atoms with Crippen LogP contribution in [0, 0.1) is 5.92 Å². The van der Waals surface area contributed by atoms with E-state index in [1.54, 1.807) is 55.4 Å². The van der Waals surface area contributed by atoms with Gasteiger partial charge in [0.1, 0.15) is 11.2 Å². The minimum atomic E-state index is -1.64. The Bertz CT molecular complexity index is 768. The first-order valence-corrected chi connectivity index (χ1v) is 10.6. The first kappa shape index (κ1) is 27.2. The molecule has 1 aromatic rings. The van der Waals surface area contributed by atoms with Crippen LogP contribution in [0.25, 0.3) is 0 Å². The molecule has 0 aliphatic heterocycles. The van der Waals surface area contributed by atoms with Gasteiger partial charge in [-0.2, -0.15) is 0 Å². The van der Waals surface area contributed by atoms with E-state index in [0.717, 1.165) is 10.6 Å². The fraction of sp³-hybridized carbons (Fsp3) is 0.609. The van der Waals surface area contributed by atoms with Crippen molar-refractivity contribution >= 4 is 18.1 Å². The highest BCUT2D eigenvalue weighted by Gasteiger charge is 2.40. The molecule has 2 atom stereocenters. The summed E-state index contributed by atoms with van der Waals surface area (Å²) in [4.78, 5) is 38.0. The largest absolute Gasteiger partial charge is 0.443 e. The van der Waals surface area contributed by atoms with Crippen molar-refractivity contribution < 1.29 is 29.0 Å². The summed E-state index contributed by atoms with van der Waals surface area (Å²) in [5.41, 5.74) is 1.51. The van der Waals surface area contributed by atoms with Crippen LogP contribution in [-0.4, -0.2) is 51.6 Å². The minimum Gasteiger partial charge on any atom is -0.443 e. The van der Waals surface area contributed by atoms with Gasteiger partial charge in [0.25, 0.3) is 5.91 Å². The smallest absolute Gasteiger partial charge is 0.429 e. The molecular formula is C23H37N3O6. The van der Waals surface area contributed by atoms with E-state index in [4.69, 9.17) is 9.47 Å². The number of benzene rings is 1. The fourth-order valence-corrected chi connectivity index (χ4v) is 2.80. The van der Waals surface area contributed by atoms with Crippen LogP contribution >= 0.6 is 0 Å². The van der Waals surface area contributed by atoms with Gasteiger partial charge in [-0.25, -0.2) is 20.0 Å². The van der Waals surface area contributed by atoms with E-state index < -0.39 is 47.4 Å². The van der Waals surface area contributed by atoms with Crippen LogP contribution in [0.4, 0.5) is 9.59 Å². The second-order valence-electron chi connectivity index (χ2n) is 9.85. The van der Waals surface area contributed by atoms with Gasteiger partial charge in [0, 0.05) is 6.54 Å². The standard InChI is InChI=1S/C23H37N3O6/c1-15(2)17(18(27)19(28)24-14-16-12-10-9-11-13-16)26(21(30)32-23(6,7)8)25-20(29)31-22(3,4)5/h9-13,15,17-18,27H,14H2,1-8H3,(H,24,28)(H,25,29)/t17-,18?/m0/s1. The number of carbonyl (C=O) groups is 3. The van der Waals surface area contributed by atoms with Crippen LogP contribution in [0.5, 0.6) is 0 Å². The number of carbonyl (C=O) groups excluding carboxylic acids is 3. The third-order valence-electron chi connectivity index (χ3n) is 4.08. The van der Waals surface area contributed by atoms with Gasteiger partial charge >= 0.3 is 12.2 Å². The van der Waals surface area contributed by atoms with Crippen LogP contribution in [0.15, 0.2) is 30.3 Å². The molecular weight excluding hydrogens is 414 g/mol. The van der Waals surface area contributed by atoms with Crippen LogP contribution < -0.4 is 10.7 Å². The highest BCUT2D eigenvalue weighted by Crippen LogP contribution is 2.19. The van der Waals surface area contributed by atoms with E-state index in [0.29, 0.717) is 0 Å². The summed E-state index contributed by atoms with van der Waals surface area (Å²) in [6.07, 6.45) is -3.47. The first-order chi connectivity index (χ1) is 14.6. The SMILES string of the molecule is CC(C)[C@@H](C(O)C(=O)NCc1ccccc1)N(NC(=O)OC(C)(C)C)C(=O)OC(C)(C)C. The zero-order chi connectivity index (χ0) is 24.7. The molecule has 0 radical (unpaired) electrons. The number of hydrogen-bond acceptors (Lipinski definition) is 6. The van der Waals surface area contributed by atoms with Crippen molar-refractivity contribution in [2.24, 2.45) is 5.92 Å². The number of nitrogens with zero attached hydrogens (tertiary/aromatic N) is 1. The topological polar surface area (TPSA) is 117 Å². The minimum absolute atomic E-state index is 0.202. The van der Waals surface area contributed by atoms with E-state index >= 15 is 0 Å². The monoisotopic (exact) mass is 451 g/mol. The maximum atomic E-state index is 12.9. The molecule has 9 nitrogen and oxygen atoms in total. The Morgan fingerprint density at radius 1 is 0.969 bits per heavy atom. The second-order valence-corrected chi connectivity index (χ2v) is 9.85. The quantitative estimate of drug-likeness (QED) is 0.571. The number of rotatable bonds is 6. The molecule has 0 aliphatic rings. The average Bonchev–Trinajstić information content (AvgIpc) is 2.63. The average molecular weight is 452 g/mol. The highest BCUT2D eigenvalue weighted by atomic mass is 16.6. The van der Waals surface area contributed by atoms with Gasteiger partial charge in [-0.1, -0.05) is 44.2 Å². The summed E-state index contributed by atoms with van der Waals surface area (Å²) in [6.45, 7) is 13.7. The molecule has 1 aromatic carbocycles. The molecule has 0 bridgehead atoms. The van der Waals surface area contributed by atoms with Gasteiger partial charge in [-0.05, 0) is 53.0 Å². The summed E-state index contributed by atoms with van der Waals surface area (Å²) >= 11 is 0. The molecule has 32 heavy (non-hydrogen) atoms. The molecule has 9 heteroatoms. The maximum absolute atomic E-state index is 12.9. The predicted molar refractivity (Wildman–Crippen MR) is 120 cm³/mol. The summed E-state index contributed by atoms with van der Waals surface area (Å²) < 4.78 is 10.6. The highest BCUT2D eigenvalue weighted by molar-refractivity contribution is 5.83. The van der Waals surface area contributed by atoms with Crippen LogP contribution in [0.1, 0.15) is 61.0 Å². The maximum Gasteiger partial charge on any atom is 0.429 e. The van der Waals surface area contributed by atoms with Gasteiger partial charge in [0.2, 0.25) is 0 Å². The molecule has 180 valence electrons. The van der Waals surface area contributed by atoms with Crippen molar-refractivity contribution in [1.82, 2.24) is 15.8 Å². The number of aliphatic hydroxyl groups is 1. The third-order valence-corrected chi connectivity index (χ3v) is 4.08. The van der Waals surface area contributed by atoms with E-state index in [2.05, 4.69) is 10.7 Å². The van der Waals surface area contributed by atoms with Gasteiger partial charge < -0.3 is 19.9 Å². The predicted octanol–water partition coefficient (Wildman–Crippen LogP) is 3.37. The molecule has 1 rings (SSSR count). The Balaban J connectivity index is 3.10. The molecule has 0 saturated carbocycles. The molecule has 0 aromatic heterocycles. The van der Waals surface area contributed by atoms with Crippen molar-refractivity contribution in [1.29, 1.82) is 0 Å². The van der Waals surface area contributed by atoms with Gasteiger partial charge in [0.15, 0.2) is 6.10 Å². The van der Waals surface area contributed by atoms with E-state index in [1.165, 1.54) is 0 Å². The lowest BCUT2D eigenvalue weighted by molar-refractivity contribution is -0.135. The Morgan fingerprint density at radius 2 is 1.50 bits per heavy atom. The van der Waals surface area contributed by atoms with E-state index in [-0.39, 0.29) is 6.54 Å². The van der Waals surface area contributed by atoms with Crippen LogP contribution in [-0.2, 0) is 20.8 Å². The lowest BCUT2D eigenvalue weighted by Gasteiger charge is -2.37. The Hall–Kier alpha value is -2.81. The van der Waals surface area contributed by atoms with Crippen molar-refractivity contribution in [2.75, 3.05) is 0 Å². The molecule has 3 N–H and O–H groups in total. The summed E-state index contributed by atoms with van der Waals surface area (Å²) in [6, 6.07) is 8.09. The van der Waals surface area contributed by atoms with E-state index in [1.807, 2.05) is 30.3 Å². The zero-order valence-corrected chi connectivity index (χ0v) is 20.3. The zero-order valence-electron chi connectivity index (χ0n) is 20.3. The Kier molecular flexibility index (Phi) is 9.51. The van der Waals surface area contributed by atoms with Gasteiger partial charge in [-0.3, -0.25) is 4.79 Å². The normalized spacial score (nSPS) is 13.7. The Labute approximate surface area is 190 Å². The number of amides is 3. The lowest BCUT2D eigenvalue weighted by Crippen LogP contribution is -2.62. The van der Waals surface area contributed by atoms with Crippen molar-refractivity contribution in [3.8, 4) is 0 Å². The molecule has 3 amide bonds. The van der Waals surface area contributed by atoms with E-state index in [9.17, 15) is 19.5 Å². The van der Waals surface area contributed by atoms with Crippen LogP contribution in [0.3, 0.4) is 0 Å². The number of hydrogen-bond donors (Lipinski definition) is 3. The third kappa shape index (κ3) is 9.55. The number of hydrazine groups is 1. The summed E-state index contributed by atoms with van der Waals surface area (Å²) in [5, 5.41) is 14.3. The number of aliphatic hydroxyl groups excluding tert-OH is 1. The van der Waals surface area contributed by atoms with Crippen molar-refractivity contribution in [2.45, 2.75) is 85.3 Å². The molecule has 0 saturated heterocycles. The second kappa shape index (κ2) is 11.2. The summed E-state index contributed by atoms with van der Waals surface area (Å²) in [5.74, 6) is -1.11. The molecule has 1 unspecified atom stereocenters. The van der Waals surface area contributed by atoms with Gasteiger partial charge in [-0.15, -0.1) is 0 Å². The Morgan fingerprint density at radius 3 is 1.97 bits per heavy atom. The molecule has 0 spiro atoms. The van der Waals surface area contributed by atoms with Crippen LogP contribution in [0.2, 0.25) is 0 Å². The number of ether oxygens (including phenoxy) is 2. The summed E-state index contributed by atoms with van der Waals surface area (Å²) in [7, 11) is 0. The fourth-order valence-electron chi connectivity index (χ4n) is 2.80. The van der Waals surface area contributed by atoms with Crippen molar-refractivity contribution in [3.63, 3.8) is 0 Å². The lowest BCUT2D eigenvalue weighted by atomic mass is 9.97. The molecule has 0 heterocycles. The van der Waals surface area contributed by atoms with Crippen molar-refractivity contribution in [3.05, 3.63) is 35.9 Å². The van der Waals surface area contributed by atoms with Gasteiger partial charge in [0.05, 0.1) is 6.04 Å². The molecule has 0 fully saturated rings. The molecule has 0 aliphatic carbocycles. The number of nitrogens with one attached hydrogen (secondary N) is 2.